The Balaban J connectivity index is 2.39. The van der Waals surface area contributed by atoms with Crippen LogP contribution in [0.5, 0.6) is 11.5 Å². The van der Waals surface area contributed by atoms with E-state index in [1.165, 1.54) is 0 Å². The number of H-pyrrole nitrogens is 1. The Labute approximate surface area is 78.2 Å². The summed E-state index contributed by atoms with van der Waals surface area (Å²) in [6, 6.07) is 3.48. The van der Waals surface area contributed by atoms with Gasteiger partial charge in [-0.3, -0.25) is 4.98 Å². The summed E-state index contributed by atoms with van der Waals surface area (Å²) in [4.78, 5) is 13.5. The van der Waals surface area contributed by atoms with Crippen molar-refractivity contribution in [3.63, 3.8) is 0 Å². The highest BCUT2D eigenvalue weighted by molar-refractivity contribution is 5.82. The van der Waals surface area contributed by atoms with Crippen LogP contribution < -0.4 is 15.2 Å². The highest BCUT2D eigenvalue weighted by Gasteiger charge is 2.18. The number of hydrogen-bond donors (Lipinski definition) is 1. The van der Waals surface area contributed by atoms with Crippen molar-refractivity contribution >= 4 is 11.1 Å². The van der Waals surface area contributed by atoms with Crippen molar-refractivity contribution in [3.8, 4) is 11.5 Å². The van der Waals surface area contributed by atoms with Crippen molar-refractivity contribution in [1.29, 1.82) is 0 Å². The summed E-state index contributed by atoms with van der Waals surface area (Å²) < 4.78 is 15.7. The third kappa shape index (κ3) is 0.921. The van der Waals surface area contributed by atoms with Crippen molar-refractivity contribution in [3.05, 3.63) is 22.7 Å². The Morgan fingerprint density at radius 2 is 2.07 bits per heavy atom. The number of aromatic nitrogens is 1. The third-order valence-corrected chi connectivity index (χ3v) is 2.09. The Morgan fingerprint density at radius 1 is 1.21 bits per heavy atom. The largest absolute Gasteiger partial charge is 0.486 e. The van der Waals surface area contributed by atoms with Gasteiger partial charge in [-0.05, 0) is 12.1 Å². The number of benzene rings is 1. The maximum absolute atomic E-state index is 11.0. The molecule has 1 aromatic heterocycles. The van der Waals surface area contributed by atoms with Gasteiger partial charge >= 0.3 is 5.76 Å². The summed E-state index contributed by atoms with van der Waals surface area (Å²) >= 11 is 0. The van der Waals surface area contributed by atoms with Crippen LogP contribution in [0.25, 0.3) is 11.1 Å². The standard InChI is InChI=1S/C9H7NO4/c11-9-10-5-1-2-6-8(7(5)14-9)13-4-3-12-6/h1-2H,3-4H2,(H,10,11). The first-order valence-corrected chi connectivity index (χ1v) is 4.26. The second kappa shape index (κ2) is 2.54. The van der Waals surface area contributed by atoms with E-state index in [4.69, 9.17) is 13.9 Å². The van der Waals surface area contributed by atoms with Crippen LogP contribution >= 0.6 is 0 Å². The maximum Gasteiger partial charge on any atom is 0.417 e. The smallest absolute Gasteiger partial charge is 0.417 e. The van der Waals surface area contributed by atoms with Crippen LogP contribution in [-0.4, -0.2) is 18.2 Å². The molecule has 14 heavy (non-hydrogen) atoms. The number of oxazole rings is 1. The molecule has 0 atom stereocenters. The van der Waals surface area contributed by atoms with Gasteiger partial charge in [0, 0.05) is 0 Å². The Kier molecular flexibility index (Phi) is 1.36. The first kappa shape index (κ1) is 7.49. The highest BCUT2D eigenvalue weighted by Crippen LogP contribution is 2.36. The lowest BCUT2D eigenvalue weighted by atomic mass is 10.2. The molecule has 0 fully saturated rings. The molecule has 1 N–H and O–H groups in total. The van der Waals surface area contributed by atoms with E-state index in [0.29, 0.717) is 35.8 Å². The van der Waals surface area contributed by atoms with Gasteiger partial charge in [-0.2, -0.15) is 0 Å². The second-order valence-corrected chi connectivity index (χ2v) is 2.98. The average molecular weight is 193 g/mol. The van der Waals surface area contributed by atoms with Crippen molar-refractivity contribution in [2.75, 3.05) is 13.2 Å². The number of aromatic amines is 1. The fourth-order valence-electron chi connectivity index (χ4n) is 1.52. The lowest BCUT2D eigenvalue weighted by Crippen LogP contribution is -2.15. The van der Waals surface area contributed by atoms with E-state index in [0.717, 1.165) is 0 Å². The zero-order chi connectivity index (χ0) is 9.54. The van der Waals surface area contributed by atoms with Gasteiger partial charge in [0.15, 0.2) is 5.75 Å². The van der Waals surface area contributed by atoms with Gasteiger partial charge < -0.3 is 13.9 Å². The highest BCUT2D eigenvalue weighted by atomic mass is 16.6. The predicted molar refractivity (Wildman–Crippen MR) is 47.8 cm³/mol. The molecule has 0 saturated heterocycles. The molecule has 0 unspecified atom stereocenters. The van der Waals surface area contributed by atoms with Gasteiger partial charge in [0.2, 0.25) is 11.3 Å². The Bertz CT molecular complexity index is 539. The molecule has 2 aromatic rings. The van der Waals surface area contributed by atoms with Crippen LogP contribution in [0.4, 0.5) is 0 Å². The van der Waals surface area contributed by atoms with Crippen LogP contribution in [0.1, 0.15) is 0 Å². The van der Waals surface area contributed by atoms with Gasteiger partial charge in [-0.15, -0.1) is 0 Å². The molecule has 1 aliphatic rings. The monoisotopic (exact) mass is 193 g/mol. The molecule has 5 nitrogen and oxygen atoms in total. The topological polar surface area (TPSA) is 64.5 Å². The molecule has 1 aliphatic heterocycles. The molecular formula is C9H7NO4. The first-order valence-electron chi connectivity index (χ1n) is 4.26. The van der Waals surface area contributed by atoms with Crippen LogP contribution in [0.15, 0.2) is 21.3 Å². The zero-order valence-electron chi connectivity index (χ0n) is 7.20. The van der Waals surface area contributed by atoms with Crippen molar-refractivity contribution in [2.24, 2.45) is 0 Å². The number of nitrogens with one attached hydrogen (secondary N) is 1. The first-order chi connectivity index (χ1) is 6.84. The van der Waals surface area contributed by atoms with E-state index in [1.54, 1.807) is 12.1 Å². The molecule has 0 saturated carbocycles. The molecule has 0 radical (unpaired) electrons. The van der Waals surface area contributed by atoms with Crippen molar-refractivity contribution in [1.82, 2.24) is 4.98 Å². The second-order valence-electron chi connectivity index (χ2n) is 2.98. The third-order valence-electron chi connectivity index (χ3n) is 2.09. The number of ether oxygens (including phenoxy) is 2. The van der Waals surface area contributed by atoms with Gasteiger partial charge in [-0.25, -0.2) is 4.79 Å². The molecule has 5 heteroatoms. The van der Waals surface area contributed by atoms with E-state index in [-0.39, 0.29) is 0 Å². The Hall–Kier alpha value is -1.91. The van der Waals surface area contributed by atoms with E-state index in [2.05, 4.69) is 4.98 Å². The fraction of sp³-hybridized carbons (Fsp3) is 0.222. The fourth-order valence-corrected chi connectivity index (χ4v) is 1.52. The Morgan fingerprint density at radius 3 is 3.00 bits per heavy atom. The zero-order valence-corrected chi connectivity index (χ0v) is 7.20. The summed E-state index contributed by atoms with van der Waals surface area (Å²) in [6.45, 7) is 0.994. The van der Waals surface area contributed by atoms with E-state index in [1.807, 2.05) is 0 Å². The molecule has 72 valence electrons. The molecule has 0 amide bonds. The number of rotatable bonds is 0. The molecule has 2 heterocycles. The lowest BCUT2D eigenvalue weighted by Gasteiger charge is -2.17. The van der Waals surface area contributed by atoms with Crippen LogP contribution in [0.2, 0.25) is 0 Å². The molecule has 1 aromatic carbocycles. The van der Waals surface area contributed by atoms with Crippen LogP contribution in [0, 0.1) is 0 Å². The summed E-state index contributed by atoms with van der Waals surface area (Å²) in [7, 11) is 0. The normalized spacial score (nSPS) is 14.6. The SMILES string of the molecule is O=c1[nH]c2ccc3c(c2o1)OCCO3. The van der Waals surface area contributed by atoms with Crippen molar-refractivity contribution in [2.45, 2.75) is 0 Å². The van der Waals surface area contributed by atoms with Crippen LogP contribution in [0.3, 0.4) is 0 Å². The minimum atomic E-state index is -0.484. The van der Waals surface area contributed by atoms with E-state index >= 15 is 0 Å². The van der Waals surface area contributed by atoms with Gasteiger partial charge in [0.25, 0.3) is 0 Å². The summed E-state index contributed by atoms with van der Waals surface area (Å²) in [5.74, 6) is 0.640. The van der Waals surface area contributed by atoms with Gasteiger partial charge in [0.1, 0.15) is 13.2 Å². The van der Waals surface area contributed by atoms with E-state index in [9.17, 15) is 4.79 Å². The number of fused-ring (bicyclic) bond motifs is 3. The lowest BCUT2D eigenvalue weighted by molar-refractivity contribution is 0.172. The maximum atomic E-state index is 11.0. The average Bonchev–Trinajstić information content (AvgIpc) is 2.59. The summed E-state index contributed by atoms with van der Waals surface area (Å²) in [5, 5.41) is 0. The van der Waals surface area contributed by atoms with Crippen LogP contribution in [-0.2, 0) is 0 Å². The number of hydrogen-bond acceptors (Lipinski definition) is 4. The van der Waals surface area contributed by atoms with Gasteiger partial charge in [-0.1, -0.05) is 0 Å². The molecule has 0 aliphatic carbocycles. The quantitative estimate of drug-likeness (QED) is 0.674. The summed E-state index contributed by atoms with van der Waals surface area (Å²) in [5.41, 5.74) is 1.05. The minimum absolute atomic E-state index is 0.423. The molecule has 0 bridgehead atoms. The molecule has 0 spiro atoms. The molecular weight excluding hydrogens is 186 g/mol. The van der Waals surface area contributed by atoms with Crippen molar-refractivity contribution < 1.29 is 13.9 Å². The minimum Gasteiger partial charge on any atom is -0.486 e. The van der Waals surface area contributed by atoms with E-state index < -0.39 is 5.76 Å². The summed E-state index contributed by atoms with van der Waals surface area (Å²) in [6.07, 6.45) is 0. The predicted octanol–water partition coefficient (Wildman–Crippen LogP) is 0.892. The molecule has 3 rings (SSSR count). The van der Waals surface area contributed by atoms with Gasteiger partial charge in [0.05, 0.1) is 5.52 Å².